The quantitative estimate of drug-likeness (QED) is 0.335. The molecular weight excluding hydrogens is 787 g/mol. The molecule has 2 N–H and O–H groups in total. The predicted molar refractivity (Wildman–Crippen MR) is 208 cm³/mol. The summed E-state index contributed by atoms with van der Waals surface area (Å²) in [5.41, 5.74) is 3.47. The summed E-state index contributed by atoms with van der Waals surface area (Å²) in [5, 5.41) is 7.12. The van der Waals surface area contributed by atoms with E-state index in [0.717, 1.165) is 87.8 Å². The number of morpholine rings is 1. The third-order valence-electron chi connectivity index (χ3n) is 13.0. The maximum Gasteiger partial charge on any atom is 0.490 e. The topological polar surface area (TPSA) is 135 Å². The van der Waals surface area contributed by atoms with Gasteiger partial charge in [0.2, 0.25) is 10.0 Å². The van der Waals surface area contributed by atoms with Crippen molar-refractivity contribution in [2.45, 2.75) is 93.9 Å². The van der Waals surface area contributed by atoms with E-state index in [0.29, 0.717) is 49.2 Å². The van der Waals surface area contributed by atoms with Crippen LogP contribution in [0.3, 0.4) is 0 Å². The van der Waals surface area contributed by atoms with Crippen molar-refractivity contribution in [3.63, 3.8) is 0 Å². The summed E-state index contributed by atoms with van der Waals surface area (Å²) in [6.45, 7) is 9.01. The van der Waals surface area contributed by atoms with Crippen molar-refractivity contribution < 1.29 is 50.5 Å². The average molecular weight is 838 g/mol. The smallest absolute Gasteiger partial charge is 0.490 e. The number of halogens is 4. The highest BCUT2D eigenvalue weighted by Crippen LogP contribution is 2.47. The first kappa shape index (κ1) is 41.8. The monoisotopic (exact) mass is 837 g/mol. The second kappa shape index (κ2) is 16.7. The van der Waals surface area contributed by atoms with Gasteiger partial charge in [0.15, 0.2) is 0 Å². The summed E-state index contributed by atoms with van der Waals surface area (Å²) in [4.78, 5) is 27.4. The fourth-order valence-electron chi connectivity index (χ4n) is 9.38. The Morgan fingerprint density at radius 1 is 1.14 bits per heavy atom. The van der Waals surface area contributed by atoms with E-state index in [9.17, 15) is 26.4 Å². The molecule has 3 fully saturated rings. The number of carbonyl (C=O) groups excluding carboxylic acids is 1. The van der Waals surface area contributed by atoms with Crippen LogP contribution in [0, 0.1) is 17.8 Å². The van der Waals surface area contributed by atoms with E-state index in [1.165, 1.54) is 11.1 Å². The van der Waals surface area contributed by atoms with E-state index in [2.05, 4.69) is 38.8 Å². The number of amides is 1. The molecule has 2 aromatic carbocycles. The Hall–Kier alpha value is -3.37. The Balaban J connectivity index is 0.000000651. The van der Waals surface area contributed by atoms with Gasteiger partial charge in [0.05, 0.1) is 43.0 Å². The number of aryl methyl sites for hydroxylation is 1. The van der Waals surface area contributed by atoms with Gasteiger partial charge in [-0.25, -0.2) is 17.9 Å². The first-order valence-corrected chi connectivity index (χ1v) is 21.8. The molecule has 0 radical (unpaired) electrons. The van der Waals surface area contributed by atoms with Crippen LogP contribution < -0.4 is 14.4 Å². The molecule has 8 rings (SSSR count). The zero-order chi connectivity index (χ0) is 40.7. The number of carbonyl (C=O) groups is 2. The van der Waals surface area contributed by atoms with Gasteiger partial charge < -0.3 is 24.2 Å². The molecule has 1 amide bonds. The zero-order valence-electron chi connectivity index (χ0n) is 32.2. The van der Waals surface area contributed by atoms with E-state index < -0.39 is 33.3 Å². The summed E-state index contributed by atoms with van der Waals surface area (Å²) >= 11 is 6.47. The number of hydrogen-bond acceptors (Lipinski definition) is 9. The third kappa shape index (κ3) is 9.12. The Kier molecular flexibility index (Phi) is 12.2. The number of carboxylic acid groups (broad SMARTS) is 1. The molecule has 312 valence electrons. The number of anilines is 1. The molecular formula is C41H51ClF3N3O8S. The summed E-state index contributed by atoms with van der Waals surface area (Å²) in [5.74, 6) is -2.12. The third-order valence-corrected chi connectivity index (χ3v) is 15.1. The highest BCUT2D eigenvalue weighted by molar-refractivity contribution is 7.90. The number of ether oxygens (including phenoxy) is 3. The van der Waals surface area contributed by atoms with Crippen LogP contribution in [0.15, 0.2) is 48.6 Å². The summed E-state index contributed by atoms with van der Waals surface area (Å²) in [6.07, 6.45) is 6.41. The highest BCUT2D eigenvalue weighted by atomic mass is 35.5. The summed E-state index contributed by atoms with van der Waals surface area (Å²) in [6, 6.07) is 12.1. The molecule has 4 bridgehead atoms. The number of aliphatic carboxylic acids is 1. The van der Waals surface area contributed by atoms with Gasteiger partial charge in [0, 0.05) is 48.2 Å². The van der Waals surface area contributed by atoms with Crippen LogP contribution >= 0.6 is 11.6 Å². The molecule has 4 aliphatic heterocycles. The number of rotatable bonds is 4. The zero-order valence-corrected chi connectivity index (χ0v) is 33.8. The number of likely N-dealkylation sites (tertiary alicyclic amines) is 1. The minimum absolute atomic E-state index is 0.0583. The number of benzene rings is 2. The molecule has 1 spiro atoms. The fourth-order valence-corrected chi connectivity index (χ4v) is 10.9. The van der Waals surface area contributed by atoms with Gasteiger partial charge >= 0.3 is 12.1 Å². The van der Waals surface area contributed by atoms with Gasteiger partial charge in [-0.15, -0.1) is 0 Å². The van der Waals surface area contributed by atoms with Crippen molar-refractivity contribution in [2.75, 3.05) is 50.9 Å². The standard InChI is InChI=1S/C39H50ClN3O6S.C2HF3O2/c1-25-5-3-7-36(47-16-15-42-21-32-19-31(42)22-48-32)33-11-8-29(33)20-43-23-39(14-4-6-27-17-30(40)10-12-34(27)39)24-49-37-13-9-28(18-35(37)43)38(44)41-50(45,46)26(25)2;3-2(4,5)1(6)7/h3,7,9-10,12-13,17-18,25-26,29,31-33,36H,4-6,8,11,14-16,19-24H2,1-2H3,(H,41,44);(H,6,7)/b7-3+;/t25-,26+,29-,31-,32-,33+,36-,39-;/m0./s1. The molecule has 4 heterocycles. The van der Waals surface area contributed by atoms with Gasteiger partial charge in [-0.1, -0.05) is 36.7 Å². The van der Waals surface area contributed by atoms with Crippen molar-refractivity contribution in [3.8, 4) is 5.75 Å². The molecule has 2 aliphatic carbocycles. The predicted octanol–water partition coefficient (Wildman–Crippen LogP) is 6.38. The van der Waals surface area contributed by atoms with Crippen LogP contribution in [0.1, 0.15) is 73.9 Å². The van der Waals surface area contributed by atoms with Crippen LogP contribution in [0.25, 0.3) is 0 Å². The molecule has 16 heteroatoms. The molecule has 0 unspecified atom stereocenters. The number of allylic oxidation sites excluding steroid dienone is 1. The minimum Gasteiger partial charge on any atom is -0.490 e. The fraction of sp³-hybridized carbons (Fsp3) is 0.610. The van der Waals surface area contributed by atoms with Crippen molar-refractivity contribution in [1.29, 1.82) is 0 Å². The second-order valence-corrected chi connectivity index (χ2v) is 19.1. The normalized spacial score (nSPS) is 32.7. The van der Waals surface area contributed by atoms with Crippen molar-refractivity contribution in [3.05, 3.63) is 70.3 Å². The van der Waals surface area contributed by atoms with Crippen LogP contribution in [-0.2, 0) is 36.1 Å². The van der Waals surface area contributed by atoms with Crippen molar-refractivity contribution in [2.24, 2.45) is 17.8 Å². The Morgan fingerprint density at radius 3 is 2.61 bits per heavy atom. The number of alkyl halides is 3. The van der Waals surface area contributed by atoms with Gasteiger partial charge in [-0.2, -0.15) is 13.2 Å². The minimum atomic E-state index is -5.08. The number of carboxylic acids is 1. The summed E-state index contributed by atoms with van der Waals surface area (Å²) in [7, 11) is -3.92. The van der Waals surface area contributed by atoms with Crippen LogP contribution in [0.4, 0.5) is 18.9 Å². The molecule has 1 saturated carbocycles. The molecule has 6 aliphatic rings. The van der Waals surface area contributed by atoms with Gasteiger partial charge in [0.1, 0.15) is 5.75 Å². The van der Waals surface area contributed by atoms with E-state index in [1.54, 1.807) is 13.0 Å². The second-order valence-electron chi connectivity index (χ2n) is 16.6. The van der Waals surface area contributed by atoms with Crippen LogP contribution in [0.5, 0.6) is 5.75 Å². The molecule has 0 aromatic heterocycles. The van der Waals surface area contributed by atoms with Gasteiger partial charge in [-0.05, 0) is 111 Å². The van der Waals surface area contributed by atoms with Crippen molar-refractivity contribution in [1.82, 2.24) is 9.62 Å². The van der Waals surface area contributed by atoms with Crippen molar-refractivity contribution >= 4 is 39.2 Å². The highest BCUT2D eigenvalue weighted by Gasteiger charge is 2.45. The first-order valence-electron chi connectivity index (χ1n) is 19.8. The Labute approximate surface area is 336 Å². The lowest BCUT2D eigenvalue weighted by atomic mass is 9.68. The molecule has 57 heavy (non-hydrogen) atoms. The van der Waals surface area contributed by atoms with Gasteiger partial charge in [-0.3, -0.25) is 9.69 Å². The molecule has 11 nitrogen and oxygen atoms in total. The van der Waals surface area contributed by atoms with E-state index in [-0.39, 0.29) is 17.4 Å². The largest absolute Gasteiger partial charge is 0.490 e. The number of nitrogens with zero attached hydrogens (tertiary/aromatic N) is 2. The maximum absolute atomic E-state index is 13.5. The SMILES string of the molecule is C[C@@H]1[C@@H](C)C/C=C/[C@H](OCCN2C[C@@H]3C[C@H]2CO3)[C@@H]2CC[C@H]2CN2C[C@@]3(CCCc4cc(Cl)ccc43)COc3ccc(cc32)C(=O)NS1(=O)=O.O=C(O)C(F)(F)F. The van der Waals surface area contributed by atoms with Crippen LogP contribution in [0.2, 0.25) is 5.02 Å². The Morgan fingerprint density at radius 2 is 1.93 bits per heavy atom. The lowest BCUT2D eigenvalue weighted by Gasteiger charge is -2.46. The number of hydrogen-bond donors (Lipinski definition) is 2. The molecule has 2 saturated heterocycles. The first-order chi connectivity index (χ1) is 27.0. The van der Waals surface area contributed by atoms with E-state index in [4.69, 9.17) is 35.7 Å². The lowest BCUT2D eigenvalue weighted by Crippen LogP contribution is -2.50. The summed E-state index contributed by atoms with van der Waals surface area (Å²) < 4.78 is 80.3. The lowest BCUT2D eigenvalue weighted by molar-refractivity contribution is -0.192. The van der Waals surface area contributed by atoms with E-state index >= 15 is 0 Å². The average Bonchev–Trinajstić information content (AvgIpc) is 3.74. The maximum atomic E-state index is 13.5. The number of nitrogens with one attached hydrogen (secondary N) is 1. The Bertz CT molecular complexity index is 1970. The number of fused-ring (bicyclic) bond motifs is 6. The molecule has 8 atom stereocenters. The van der Waals surface area contributed by atoms with E-state index in [1.807, 2.05) is 25.1 Å². The van der Waals surface area contributed by atoms with Gasteiger partial charge in [0.25, 0.3) is 5.91 Å². The molecule has 2 aromatic rings. The number of sulfonamides is 1. The van der Waals surface area contributed by atoms with Crippen LogP contribution in [-0.4, -0.2) is 106 Å².